The van der Waals surface area contributed by atoms with Gasteiger partial charge in [0.1, 0.15) is 10.7 Å². The van der Waals surface area contributed by atoms with Crippen molar-refractivity contribution in [3.8, 4) is 0 Å². The van der Waals surface area contributed by atoms with Crippen molar-refractivity contribution in [2.24, 2.45) is 5.92 Å². The van der Waals surface area contributed by atoms with Crippen molar-refractivity contribution >= 4 is 26.0 Å². The Hall–Kier alpha value is -0.500. The summed E-state index contributed by atoms with van der Waals surface area (Å²) in [6, 6.07) is 2.86. The van der Waals surface area contributed by atoms with Gasteiger partial charge in [-0.1, -0.05) is 29.8 Å². The number of nitrogens with one attached hydrogen (secondary N) is 2. The van der Waals surface area contributed by atoms with Crippen LogP contribution in [0.3, 0.4) is 0 Å². The van der Waals surface area contributed by atoms with Crippen LogP contribution in [0.4, 0.5) is 4.39 Å². The Bertz CT molecular complexity index is 577. The molecule has 21 heavy (non-hydrogen) atoms. The Morgan fingerprint density at radius 2 is 2.00 bits per heavy atom. The Labute approximate surface area is 134 Å². The Kier molecular flexibility index (Phi) is 7.26. The smallest absolute Gasteiger partial charge is 0.243 e. The summed E-state index contributed by atoms with van der Waals surface area (Å²) in [5.41, 5.74) is 0.314. The van der Waals surface area contributed by atoms with Crippen LogP contribution in [-0.4, -0.2) is 22.0 Å². The van der Waals surface area contributed by atoms with Gasteiger partial charge in [0.05, 0.1) is 0 Å². The molecule has 0 fully saturated rings. The van der Waals surface area contributed by atoms with Crippen LogP contribution in [0, 0.1) is 11.7 Å². The topological polar surface area (TPSA) is 58.2 Å². The van der Waals surface area contributed by atoms with Crippen molar-refractivity contribution in [2.45, 2.75) is 38.1 Å². The molecule has 0 saturated heterocycles. The second-order valence-electron chi connectivity index (χ2n) is 5.34. The van der Waals surface area contributed by atoms with E-state index in [1.165, 1.54) is 6.07 Å². The Morgan fingerprint density at radius 1 is 1.33 bits per heavy atom. The van der Waals surface area contributed by atoms with Gasteiger partial charge in [-0.3, -0.25) is 0 Å². The Morgan fingerprint density at radius 3 is 2.57 bits per heavy atom. The summed E-state index contributed by atoms with van der Waals surface area (Å²) >= 11 is 3.22. The van der Waals surface area contributed by atoms with Crippen molar-refractivity contribution in [1.29, 1.82) is 0 Å². The summed E-state index contributed by atoms with van der Waals surface area (Å²) in [6.07, 6.45) is 1.66. The molecule has 1 rings (SSSR count). The molecule has 4 nitrogen and oxygen atoms in total. The summed E-state index contributed by atoms with van der Waals surface area (Å²) in [5, 5.41) is 2.82. The van der Waals surface area contributed by atoms with E-state index in [0.29, 0.717) is 22.5 Å². The van der Waals surface area contributed by atoms with Gasteiger partial charge in [0, 0.05) is 23.1 Å². The molecule has 1 aromatic rings. The highest BCUT2D eigenvalue weighted by Gasteiger charge is 2.21. The van der Waals surface area contributed by atoms with Crippen molar-refractivity contribution in [3.05, 3.63) is 28.0 Å². The molecule has 0 amide bonds. The number of hydrogen-bond acceptors (Lipinski definition) is 3. The fourth-order valence-corrected chi connectivity index (χ4v) is 3.80. The van der Waals surface area contributed by atoms with E-state index >= 15 is 0 Å². The van der Waals surface area contributed by atoms with Crippen LogP contribution >= 0.6 is 15.9 Å². The average molecular weight is 381 g/mol. The number of benzene rings is 1. The number of halogens is 2. The van der Waals surface area contributed by atoms with Crippen molar-refractivity contribution in [2.75, 3.05) is 13.6 Å². The highest BCUT2D eigenvalue weighted by atomic mass is 79.9. The maximum atomic E-state index is 14.3. The lowest BCUT2D eigenvalue weighted by atomic mass is 10.1. The van der Waals surface area contributed by atoms with E-state index in [1.54, 1.807) is 13.1 Å². The van der Waals surface area contributed by atoms with Gasteiger partial charge >= 0.3 is 0 Å². The third-order valence-electron chi connectivity index (χ3n) is 2.99. The molecule has 1 aromatic carbocycles. The van der Waals surface area contributed by atoms with E-state index in [0.717, 1.165) is 12.8 Å². The molecule has 0 spiro atoms. The van der Waals surface area contributed by atoms with Gasteiger partial charge in [0.15, 0.2) is 0 Å². The monoisotopic (exact) mass is 380 g/mol. The number of hydrogen-bond donors (Lipinski definition) is 2. The lowest BCUT2D eigenvalue weighted by molar-refractivity contribution is 0.529. The average Bonchev–Trinajstić information content (AvgIpc) is 2.38. The second kappa shape index (κ2) is 8.22. The minimum absolute atomic E-state index is 0.265. The third kappa shape index (κ3) is 5.65. The van der Waals surface area contributed by atoms with E-state index < -0.39 is 15.8 Å². The summed E-state index contributed by atoms with van der Waals surface area (Å²) in [6.45, 7) is 4.73. The lowest BCUT2D eigenvalue weighted by Crippen LogP contribution is -2.26. The summed E-state index contributed by atoms with van der Waals surface area (Å²) in [7, 11) is -2.16. The summed E-state index contributed by atoms with van der Waals surface area (Å²) in [5.74, 6) is -0.191. The van der Waals surface area contributed by atoms with E-state index in [9.17, 15) is 12.8 Å². The molecule has 2 N–H and O–H groups in total. The van der Waals surface area contributed by atoms with E-state index in [2.05, 4.69) is 39.8 Å². The summed E-state index contributed by atoms with van der Waals surface area (Å²) < 4.78 is 41.7. The molecule has 0 atom stereocenters. The van der Waals surface area contributed by atoms with Crippen LogP contribution in [0.15, 0.2) is 21.5 Å². The van der Waals surface area contributed by atoms with Crippen LogP contribution in [0.1, 0.15) is 32.3 Å². The predicted octanol–water partition coefficient (Wildman–Crippen LogP) is 3.02. The first-order valence-electron chi connectivity index (χ1n) is 6.90. The van der Waals surface area contributed by atoms with E-state index in [4.69, 9.17) is 0 Å². The molecule has 0 aliphatic heterocycles. The van der Waals surface area contributed by atoms with Crippen molar-refractivity contribution in [3.63, 3.8) is 0 Å². The quantitative estimate of drug-likeness (QED) is 0.681. The minimum Gasteiger partial charge on any atom is -0.316 e. The minimum atomic E-state index is -3.83. The first kappa shape index (κ1) is 18.5. The molecule has 0 bridgehead atoms. The zero-order valence-corrected chi connectivity index (χ0v) is 14.9. The number of rotatable bonds is 8. The van der Waals surface area contributed by atoms with Crippen LogP contribution in [0.5, 0.6) is 0 Å². The highest BCUT2D eigenvalue weighted by molar-refractivity contribution is 9.10. The van der Waals surface area contributed by atoms with Gasteiger partial charge in [0.2, 0.25) is 10.0 Å². The molecule has 7 heteroatoms. The van der Waals surface area contributed by atoms with E-state index in [-0.39, 0.29) is 11.4 Å². The zero-order valence-electron chi connectivity index (χ0n) is 12.5. The predicted molar refractivity (Wildman–Crippen MR) is 86.1 cm³/mol. The van der Waals surface area contributed by atoms with Gasteiger partial charge in [-0.25, -0.2) is 17.5 Å². The van der Waals surface area contributed by atoms with Crippen LogP contribution < -0.4 is 10.0 Å². The molecule has 0 radical (unpaired) electrons. The maximum Gasteiger partial charge on any atom is 0.243 e. The maximum absolute atomic E-state index is 14.3. The first-order valence-corrected chi connectivity index (χ1v) is 9.17. The van der Waals surface area contributed by atoms with Gasteiger partial charge in [-0.15, -0.1) is 0 Å². The molecular formula is C14H22BrFN2O2S. The second-order valence-corrected chi connectivity index (χ2v) is 7.99. The molecule has 0 aliphatic carbocycles. The van der Waals surface area contributed by atoms with Gasteiger partial charge < -0.3 is 5.32 Å². The molecule has 0 saturated carbocycles. The highest BCUT2D eigenvalue weighted by Crippen LogP contribution is 2.24. The van der Waals surface area contributed by atoms with Crippen LogP contribution in [0.2, 0.25) is 0 Å². The van der Waals surface area contributed by atoms with Crippen LogP contribution in [-0.2, 0) is 16.6 Å². The summed E-state index contributed by atoms with van der Waals surface area (Å²) in [4.78, 5) is -0.313. The molecule has 0 aromatic heterocycles. The van der Waals surface area contributed by atoms with Crippen LogP contribution in [0.25, 0.3) is 0 Å². The molecule has 0 heterocycles. The molecule has 120 valence electrons. The first-order chi connectivity index (χ1) is 9.77. The van der Waals surface area contributed by atoms with Crippen molar-refractivity contribution in [1.82, 2.24) is 10.0 Å². The van der Waals surface area contributed by atoms with E-state index in [1.807, 2.05) is 0 Å². The van der Waals surface area contributed by atoms with Gasteiger partial charge in [-0.05, 0) is 37.9 Å². The SMILES string of the molecule is CNCc1cc(Br)cc(S(=O)(=O)NCCCC(C)C)c1F. The lowest BCUT2D eigenvalue weighted by Gasteiger charge is -2.12. The fourth-order valence-electron chi connectivity index (χ4n) is 1.93. The standard InChI is InChI=1S/C14H22BrFN2O2S/c1-10(2)5-4-6-18-21(19,20)13-8-12(15)7-11(9-17-3)14(13)16/h7-8,10,17-18H,4-6,9H2,1-3H3. The third-order valence-corrected chi connectivity index (χ3v) is 4.90. The normalized spacial score (nSPS) is 12.1. The van der Waals surface area contributed by atoms with Crippen molar-refractivity contribution < 1.29 is 12.8 Å². The number of sulfonamides is 1. The largest absolute Gasteiger partial charge is 0.316 e. The molecule has 0 aliphatic rings. The van der Waals surface area contributed by atoms with Gasteiger partial charge in [0.25, 0.3) is 0 Å². The molecule has 0 unspecified atom stereocenters. The van der Waals surface area contributed by atoms with Gasteiger partial charge in [-0.2, -0.15) is 0 Å². The molecular weight excluding hydrogens is 359 g/mol. The Balaban J connectivity index is 2.92. The zero-order chi connectivity index (χ0) is 16.0. The fraction of sp³-hybridized carbons (Fsp3) is 0.571.